The second-order valence-corrected chi connectivity index (χ2v) is 5.07. The van der Waals surface area contributed by atoms with Crippen molar-refractivity contribution in [3.63, 3.8) is 0 Å². The summed E-state index contributed by atoms with van der Waals surface area (Å²) in [7, 11) is 4.88. The molecular weight excluding hydrogens is 292 g/mol. The summed E-state index contributed by atoms with van der Waals surface area (Å²) >= 11 is 0. The van der Waals surface area contributed by atoms with Crippen molar-refractivity contribution >= 4 is 5.91 Å². The topological polar surface area (TPSA) is 59.6 Å². The highest BCUT2D eigenvalue weighted by atomic mass is 16.5. The number of methoxy groups -OCH3 is 2. The van der Waals surface area contributed by atoms with E-state index in [-0.39, 0.29) is 5.91 Å². The maximum absolute atomic E-state index is 11.5. The van der Waals surface area contributed by atoms with Crippen molar-refractivity contribution in [3.05, 3.63) is 59.2 Å². The number of rotatable bonds is 7. The Hall–Kier alpha value is -2.53. The Kier molecular flexibility index (Phi) is 6.00. The van der Waals surface area contributed by atoms with Gasteiger partial charge in [-0.15, -0.1) is 0 Å². The number of hydrogen-bond acceptors (Lipinski definition) is 4. The fourth-order valence-corrected chi connectivity index (χ4v) is 2.26. The smallest absolute Gasteiger partial charge is 0.251 e. The van der Waals surface area contributed by atoms with Gasteiger partial charge in [0.1, 0.15) is 0 Å². The van der Waals surface area contributed by atoms with Crippen LogP contribution in [0.5, 0.6) is 11.5 Å². The van der Waals surface area contributed by atoms with E-state index in [1.165, 1.54) is 0 Å². The van der Waals surface area contributed by atoms with Gasteiger partial charge in [-0.3, -0.25) is 4.79 Å². The highest BCUT2D eigenvalue weighted by Gasteiger charge is 2.05. The normalized spacial score (nSPS) is 10.2. The minimum Gasteiger partial charge on any atom is -0.493 e. The molecule has 0 saturated carbocycles. The number of hydrogen-bond donors (Lipinski definition) is 2. The van der Waals surface area contributed by atoms with Crippen molar-refractivity contribution in [3.8, 4) is 11.5 Å². The predicted molar refractivity (Wildman–Crippen MR) is 89.9 cm³/mol. The molecule has 23 heavy (non-hydrogen) atoms. The number of ether oxygens (including phenoxy) is 2. The zero-order valence-corrected chi connectivity index (χ0v) is 13.7. The first-order valence-corrected chi connectivity index (χ1v) is 7.40. The van der Waals surface area contributed by atoms with Crippen molar-refractivity contribution in [1.29, 1.82) is 0 Å². The SMILES string of the molecule is CNC(=O)c1ccc(CNCc2ccc(OC)c(OC)c2)cc1. The largest absolute Gasteiger partial charge is 0.493 e. The quantitative estimate of drug-likeness (QED) is 0.823. The van der Waals surface area contributed by atoms with E-state index in [1.54, 1.807) is 21.3 Å². The third-order valence-electron chi connectivity index (χ3n) is 3.55. The van der Waals surface area contributed by atoms with E-state index in [4.69, 9.17) is 9.47 Å². The van der Waals surface area contributed by atoms with Crippen molar-refractivity contribution in [2.75, 3.05) is 21.3 Å². The second-order valence-electron chi connectivity index (χ2n) is 5.07. The number of nitrogens with one attached hydrogen (secondary N) is 2. The molecule has 5 heteroatoms. The van der Waals surface area contributed by atoms with E-state index >= 15 is 0 Å². The second kappa shape index (κ2) is 8.19. The number of amides is 1. The molecule has 0 saturated heterocycles. The molecule has 1 amide bonds. The highest BCUT2D eigenvalue weighted by molar-refractivity contribution is 5.93. The van der Waals surface area contributed by atoms with Crippen LogP contribution in [0.4, 0.5) is 0 Å². The van der Waals surface area contributed by atoms with Crippen LogP contribution in [-0.4, -0.2) is 27.2 Å². The maximum Gasteiger partial charge on any atom is 0.251 e. The molecule has 2 aromatic carbocycles. The van der Waals surface area contributed by atoms with Crippen molar-refractivity contribution in [2.45, 2.75) is 13.1 Å². The van der Waals surface area contributed by atoms with Gasteiger partial charge in [-0.1, -0.05) is 18.2 Å². The molecule has 0 atom stereocenters. The Labute approximate surface area is 136 Å². The number of carbonyl (C=O) groups excluding carboxylic acids is 1. The molecule has 0 unspecified atom stereocenters. The third-order valence-corrected chi connectivity index (χ3v) is 3.55. The van der Waals surface area contributed by atoms with Crippen molar-refractivity contribution in [1.82, 2.24) is 10.6 Å². The Morgan fingerprint density at radius 2 is 1.52 bits per heavy atom. The summed E-state index contributed by atoms with van der Waals surface area (Å²) in [6.07, 6.45) is 0. The van der Waals surface area contributed by atoms with E-state index in [0.29, 0.717) is 5.56 Å². The minimum absolute atomic E-state index is 0.0742. The van der Waals surface area contributed by atoms with Gasteiger partial charge in [0.05, 0.1) is 14.2 Å². The van der Waals surface area contributed by atoms with Crippen LogP contribution in [0.25, 0.3) is 0 Å². The van der Waals surface area contributed by atoms with E-state index in [0.717, 1.165) is 35.7 Å². The minimum atomic E-state index is -0.0742. The Bertz CT molecular complexity index is 654. The molecule has 2 N–H and O–H groups in total. The van der Waals surface area contributed by atoms with Gasteiger partial charge in [-0.05, 0) is 35.4 Å². The lowest BCUT2D eigenvalue weighted by Crippen LogP contribution is -2.18. The summed E-state index contributed by atoms with van der Waals surface area (Å²) < 4.78 is 10.5. The molecule has 0 bridgehead atoms. The monoisotopic (exact) mass is 314 g/mol. The van der Waals surface area contributed by atoms with Crippen molar-refractivity contribution < 1.29 is 14.3 Å². The molecule has 0 aliphatic heterocycles. The lowest BCUT2D eigenvalue weighted by molar-refractivity contribution is 0.0963. The van der Waals surface area contributed by atoms with Gasteiger partial charge in [-0.2, -0.15) is 0 Å². The molecule has 0 aliphatic carbocycles. The average molecular weight is 314 g/mol. The van der Waals surface area contributed by atoms with E-state index in [2.05, 4.69) is 10.6 Å². The van der Waals surface area contributed by atoms with Crippen LogP contribution in [0, 0.1) is 0 Å². The van der Waals surface area contributed by atoms with Crippen LogP contribution in [0.1, 0.15) is 21.5 Å². The fraction of sp³-hybridized carbons (Fsp3) is 0.278. The molecular formula is C18H22N2O3. The summed E-state index contributed by atoms with van der Waals surface area (Å²) in [5.41, 5.74) is 2.90. The van der Waals surface area contributed by atoms with Crippen LogP contribution >= 0.6 is 0 Å². The zero-order valence-electron chi connectivity index (χ0n) is 13.7. The van der Waals surface area contributed by atoms with Gasteiger partial charge in [0.15, 0.2) is 11.5 Å². The Morgan fingerprint density at radius 1 is 0.913 bits per heavy atom. The first-order valence-electron chi connectivity index (χ1n) is 7.40. The molecule has 2 rings (SSSR count). The van der Waals surface area contributed by atoms with Crippen LogP contribution in [0.15, 0.2) is 42.5 Å². The first-order chi connectivity index (χ1) is 11.2. The maximum atomic E-state index is 11.5. The lowest BCUT2D eigenvalue weighted by Gasteiger charge is -2.10. The number of benzene rings is 2. The highest BCUT2D eigenvalue weighted by Crippen LogP contribution is 2.27. The lowest BCUT2D eigenvalue weighted by atomic mass is 10.1. The van der Waals surface area contributed by atoms with Gasteiger partial charge < -0.3 is 20.1 Å². The summed E-state index contributed by atoms with van der Waals surface area (Å²) in [6.45, 7) is 1.44. The van der Waals surface area contributed by atoms with E-state index in [1.807, 2.05) is 42.5 Å². The molecule has 0 heterocycles. The van der Waals surface area contributed by atoms with Crippen LogP contribution in [0.3, 0.4) is 0 Å². The van der Waals surface area contributed by atoms with Gasteiger partial charge >= 0.3 is 0 Å². The van der Waals surface area contributed by atoms with E-state index < -0.39 is 0 Å². The van der Waals surface area contributed by atoms with Crippen LogP contribution in [0.2, 0.25) is 0 Å². The molecule has 0 spiro atoms. The standard InChI is InChI=1S/C18H22N2O3/c1-19-18(21)15-7-4-13(5-8-15)11-20-12-14-6-9-16(22-2)17(10-14)23-3/h4-10,20H,11-12H2,1-3H3,(H,19,21). The summed E-state index contributed by atoms with van der Waals surface area (Å²) in [6, 6.07) is 13.4. The van der Waals surface area contributed by atoms with Gasteiger partial charge in [0, 0.05) is 25.7 Å². The molecule has 5 nitrogen and oxygen atoms in total. The van der Waals surface area contributed by atoms with Crippen LogP contribution in [-0.2, 0) is 13.1 Å². The van der Waals surface area contributed by atoms with E-state index in [9.17, 15) is 4.79 Å². The zero-order chi connectivity index (χ0) is 16.7. The first kappa shape index (κ1) is 16.8. The van der Waals surface area contributed by atoms with Crippen molar-refractivity contribution in [2.24, 2.45) is 0 Å². The summed E-state index contributed by atoms with van der Waals surface area (Å²) in [4.78, 5) is 11.5. The van der Waals surface area contributed by atoms with Gasteiger partial charge in [0.25, 0.3) is 5.91 Å². The molecule has 0 aromatic heterocycles. The third kappa shape index (κ3) is 4.47. The number of carbonyl (C=O) groups is 1. The molecule has 122 valence electrons. The Morgan fingerprint density at radius 3 is 2.13 bits per heavy atom. The fourth-order valence-electron chi connectivity index (χ4n) is 2.26. The molecule has 0 aliphatic rings. The Balaban J connectivity index is 1.91. The summed E-state index contributed by atoms with van der Waals surface area (Å²) in [5, 5.41) is 5.98. The van der Waals surface area contributed by atoms with Crippen LogP contribution < -0.4 is 20.1 Å². The average Bonchev–Trinajstić information content (AvgIpc) is 2.61. The molecule has 2 aromatic rings. The van der Waals surface area contributed by atoms with Gasteiger partial charge in [0.2, 0.25) is 0 Å². The van der Waals surface area contributed by atoms with Gasteiger partial charge in [-0.25, -0.2) is 0 Å². The molecule has 0 radical (unpaired) electrons. The molecule has 0 fully saturated rings. The predicted octanol–water partition coefficient (Wildman–Crippen LogP) is 2.35. The summed E-state index contributed by atoms with van der Waals surface area (Å²) in [5.74, 6) is 1.37.